The number of nitrogens with one attached hydrogen (secondary N) is 1. The average molecular weight is 278 g/mol. The SMILES string of the molecule is Cc1cc(=O)n(CCC(=O)NC2CC2)c(C)c1C(=O)O. The van der Waals surface area contributed by atoms with Crippen molar-refractivity contribution in [2.75, 3.05) is 0 Å². The first-order valence-corrected chi connectivity index (χ1v) is 6.64. The first-order valence-electron chi connectivity index (χ1n) is 6.64. The topological polar surface area (TPSA) is 88.4 Å². The van der Waals surface area contributed by atoms with Gasteiger partial charge in [0.2, 0.25) is 5.91 Å². The van der Waals surface area contributed by atoms with Crippen LogP contribution in [0.1, 0.15) is 40.9 Å². The van der Waals surface area contributed by atoms with Crippen LogP contribution in [0.5, 0.6) is 0 Å². The number of carboxylic acids is 1. The zero-order chi connectivity index (χ0) is 14.9. The predicted molar refractivity (Wildman–Crippen MR) is 72.9 cm³/mol. The summed E-state index contributed by atoms with van der Waals surface area (Å²) in [6.45, 7) is 3.39. The monoisotopic (exact) mass is 278 g/mol. The Morgan fingerprint density at radius 3 is 2.60 bits per heavy atom. The third-order valence-corrected chi connectivity index (χ3v) is 3.49. The van der Waals surface area contributed by atoms with Crippen molar-refractivity contribution in [3.8, 4) is 0 Å². The number of rotatable bonds is 5. The van der Waals surface area contributed by atoms with Crippen molar-refractivity contribution in [1.82, 2.24) is 9.88 Å². The van der Waals surface area contributed by atoms with Crippen LogP contribution >= 0.6 is 0 Å². The molecule has 1 aromatic rings. The molecular formula is C14H18N2O4. The number of aromatic carboxylic acids is 1. The lowest BCUT2D eigenvalue weighted by Gasteiger charge is -2.13. The number of aromatic nitrogens is 1. The van der Waals surface area contributed by atoms with Crippen LogP contribution < -0.4 is 10.9 Å². The van der Waals surface area contributed by atoms with Gasteiger partial charge in [-0.05, 0) is 32.3 Å². The van der Waals surface area contributed by atoms with Gasteiger partial charge in [0.15, 0.2) is 0 Å². The molecule has 20 heavy (non-hydrogen) atoms. The summed E-state index contributed by atoms with van der Waals surface area (Å²) in [5, 5.41) is 12.0. The molecule has 1 aliphatic rings. The number of aryl methyl sites for hydroxylation is 1. The Labute approximate surface area is 116 Å². The van der Waals surface area contributed by atoms with E-state index >= 15 is 0 Å². The van der Waals surface area contributed by atoms with Gasteiger partial charge in [0.1, 0.15) is 0 Å². The van der Waals surface area contributed by atoms with Crippen molar-refractivity contribution in [2.45, 2.75) is 45.7 Å². The van der Waals surface area contributed by atoms with Gasteiger partial charge in [-0.15, -0.1) is 0 Å². The summed E-state index contributed by atoms with van der Waals surface area (Å²) < 4.78 is 1.35. The van der Waals surface area contributed by atoms with Crippen LogP contribution in [0.25, 0.3) is 0 Å². The molecule has 0 radical (unpaired) electrons. The molecule has 0 saturated heterocycles. The Kier molecular flexibility index (Phi) is 3.92. The lowest BCUT2D eigenvalue weighted by atomic mass is 10.1. The van der Waals surface area contributed by atoms with Gasteiger partial charge < -0.3 is 15.0 Å². The predicted octanol–water partition coefficient (Wildman–Crippen LogP) is 0.832. The van der Waals surface area contributed by atoms with Gasteiger partial charge in [0, 0.05) is 30.8 Å². The summed E-state index contributed by atoms with van der Waals surface area (Å²) in [5.41, 5.74) is 0.692. The molecule has 1 amide bonds. The van der Waals surface area contributed by atoms with Crippen molar-refractivity contribution in [1.29, 1.82) is 0 Å². The smallest absolute Gasteiger partial charge is 0.337 e. The number of hydrogen-bond donors (Lipinski definition) is 2. The fourth-order valence-electron chi connectivity index (χ4n) is 2.26. The van der Waals surface area contributed by atoms with Crippen molar-refractivity contribution in [2.24, 2.45) is 0 Å². The van der Waals surface area contributed by atoms with E-state index in [1.165, 1.54) is 10.6 Å². The van der Waals surface area contributed by atoms with Crippen LogP contribution in [-0.4, -0.2) is 27.6 Å². The maximum absolute atomic E-state index is 11.9. The Balaban J connectivity index is 2.18. The molecule has 1 heterocycles. The highest BCUT2D eigenvalue weighted by molar-refractivity contribution is 5.90. The molecule has 6 nitrogen and oxygen atoms in total. The van der Waals surface area contributed by atoms with Crippen LogP contribution in [0.15, 0.2) is 10.9 Å². The summed E-state index contributed by atoms with van der Waals surface area (Å²) in [6, 6.07) is 1.59. The second-order valence-corrected chi connectivity index (χ2v) is 5.17. The number of carboxylic acid groups (broad SMARTS) is 1. The quantitative estimate of drug-likeness (QED) is 0.835. The first kappa shape index (κ1) is 14.3. The van der Waals surface area contributed by atoms with Crippen molar-refractivity contribution >= 4 is 11.9 Å². The van der Waals surface area contributed by atoms with E-state index < -0.39 is 5.97 Å². The third-order valence-electron chi connectivity index (χ3n) is 3.49. The van der Waals surface area contributed by atoms with Crippen LogP contribution in [0.3, 0.4) is 0 Å². The maximum Gasteiger partial charge on any atom is 0.337 e. The van der Waals surface area contributed by atoms with Crippen LogP contribution in [0, 0.1) is 13.8 Å². The van der Waals surface area contributed by atoms with Crippen molar-refractivity contribution in [3.05, 3.63) is 33.2 Å². The third kappa shape index (κ3) is 3.07. The molecular weight excluding hydrogens is 260 g/mol. The molecule has 0 spiro atoms. The van der Waals surface area contributed by atoms with Crippen LogP contribution in [0.4, 0.5) is 0 Å². The summed E-state index contributed by atoms with van der Waals surface area (Å²) in [6.07, 6.45) is 2.20. The van der Waals surface area contributed by atoms with Crippen LogP contribution in [-0.2, 0) is 11.3 Å². The fraction of sp³-hybridized carbons (Fsp3) is 0.500. The average Bonchev–Trinajstić information content (AvgIpc) is 3.11. The highest BCUT2D eigenvalue weighted by Gasteiger charge is 2.23. The Morgan fingerprint density at radius 1 is 1.40 bits per heavy atom. The van der Waals surface area contributed by atoms with Crippen molar-refractivity contribution < 1.29 is 14.7 Å². The minimum absolute atomic E-state index is 0.101. The second kappa shape index (κ2) is 5.48. The minimum atomic E-state index is -1.06. The summed E-state index contributed by atoms with van der Waals surface area (Å²) in [5.74, 6) is -1.16. The number of amides is 1. The number of hydrogen-bond acceptors (Lipinski definition) is 3. The summed E-state index contributed by atoms with van der Waals surface area (Å²) in [7, 11) is 0. The highest BCUT2D eigenvalue weighted by atomic mass is 16.4. The molecule has 2 N–H and O–H groups in total. The highest BCUT2D eigenvalue weighted by Crippen LogP contribution is 2.18. The van der Waals surface area contributed by atoms with E-state index in [1.807, 2.05) is 0 Å². The molecule has 1 fully saturated rings. The normalized spacial score (nSPS) is 14.1. The van der Waals surface area contributed by atoms with Gasteiger partial charge in [-0.1, -0.05) is 0 Å². The van der Waals surface area contributed by atoms with Crippen LogP contribution in [0.2, 0.25) is 0 Å². The molecule has 2 rings (SSSR count). The summed E-state index contributed by atoms with van der Waals surface area (Å²) >= 11 is 0. The molecule has 1 aromatic heterocycles. The lowest BCUT2D eigenvalue weighted by Crippen LogP contribution is -2.30. The van der Waals surface area contributed by atoms with Gasteiger partial charge >= 0.3 is 5.97 Å². The molecule has 0 aromatic carbocycles. The largest absolute Gasteiger partial charge is 0.478 e. The zero-order valence-corrected chi connectivity index (χ0v) is 11.6. The number of carbonyl (C=O) groups is 2. The lowest BCUT2D eigenvalue weighted by molar-refractivity contribution is -0.121. The second-order valence-electron chi connectivity index (χ2n) is 5.17. The van der Waals surface area contributed by atoms with Gasteiger partial charge in [-0.3, -0.25) is 9.59 Å². The van der Waals surface area contributed by atoms with Gasteiger partial charge in [-0.2, -0.15) is 0 Å². The molecule has 1 aliphatic carbocycles. The van der Waals surface area contributed by atoms with Gasteiger partial charge in [0.25, 0.3) is 5.56 Å². The molecule has 0 bridgehead atoms. The van der Waals surface area contributed by atoms with E-state index in [0.717, 1.165) is 12.8 Å². The number of carbonyl (C=O) groups excluding carboxylic acids is 1. The standard InChI is InChI=1S/C14H18N2O4/c1-8-7-12(18)16(9(2)13(8)14(19)20)6-5-11(17)15-10-3-4-10/h7,10H,3-6H2,1-2H3,(H,15,17)(H,19,20). The minimum Gasteiger partial charge on any atom is -0.478 e. The van der Waals surface area contributed by atoms with E-state index in [-0.39, 0.29) is 36.0 Å². The number of nitrogens with zero attached hydrogens (tertiary/aromatic N) is 1. The van der Waals surface area contributed by atoms with E-state index in [2.05, 4.69) is 5.32 Å². The van der Waals surface area contributed by atoms with E-state index in [9.17, 15) is 19.5 Å². The Bertz CT molecular complexity index is 614. The molecule has 0 unspecified atom stereocenters. The Morgan fingerprint density at radius 2 is 2.05 bits per heavy atom. The molecule has 108 valence electrons. The van der Waals surface area contributed by atoms with E-state index in [1.54, 1.807) is 13.8 Å². The maximum atomic E-state index is 11.9. The fourth-order valence-corrected chi connectivity index (χ4v) is 2.26. The van der Waals surface area contributed by atoms with Crippen molar-refractivity contribution in [3.63, 3.8) is 0 Å². The Hall–Kier alpha value is -2.11. The van der Waals surface area contributed by atoms with E-state index in [4.69, 9.17) is 0 Å². The van der Waals surface area contributed by atoms with Gasteiger partial charge in [0.05, 0.1) is 5.56 Å². The molecule has 0 aliphatic heterocycles. The van der Waals surface area contributed by atoms with E-state index in [0.29, 0.717) is 11.3 Å². The summed E-state index contributed by atoms with van der Waals surface area (Å²) in [4.78, 5) is 34.8. The number of pyridine rings is 1. The molecule has 1 saturated carbocycles. The zero-order valence-electron chi connectivity index (χ0n) is 11.6. The first-order chi connectivity index (χ1) is 9.40. The molecule has 6 heteroatoms. The molecule has 0 atom stereocenters. The van der Waals surface area contributed by atoms with Gasteiger partial charge in [-0.25, -0.2) is 4.79 Å².